The van der Waals surface area contributed by atoms with E-state index < -0.39 is 0 Å². The zero-order valence-electron chi connectivity index (χ0n) is 8.01. The van der Waals surface area contributed by atoms with E-state index in [0.717, 1.165) is 0 Å². The Bertz CT molecular complexity index is 480. The lowest BCUT2D eigenvalue weighted by atomic mass is 10.0. The average molecular weight is 198 g/mol. The maximum absolute atomic E-state index is 9.58. The van der Waals surface area contributed by atoms with E-state index in [1.807, 2.05) is 0 Å². The molecule has 1 aromatic carbocycles. The fourth-order valence-electron chi connectivity index (χ4n) is 1.35. The van der Waals surface area contributed by atoms with Crippen LogP contribution in [0.4, 0.5) is 0 Å². The second-order valence-electron chi connectivity index (χ2n) is 3.13. The van der Waals surface area contributed by atoms with Gasteiger partial charge >= 0.3 is 0 Å². The highest BCUT2D eigenvalue weighted by molar-refractivity contribution is 6.12. The van der Waals surface area contributed by atoms with Crippen molar-refractivity contribution in [3.8, 4) is 5.75 Å². The first-order chi connectivity index (χ1) is 7.29. The van der Waals surface area contributed by atoms with E-state index >= 15 is 0 Å². The summed E-state index contributed by atoms with van der Waals surface area (Å²) in [5.41, 5.74) is 1.49. The van der Waals surface area contributed by atoms with Gasteiger partial charge in [-0.05, 0) is 24.3 Å². The van der Waals surface area contributed by atoms with Crippen molar-refractivity contribution in [3.63, 3.8) is 0 Å². The number of para-hydroxylation sites is 1. The quantitative estimate of drug-likeness (QED) is 0.727. The third kappa shape index (κ3) is 1.86. The molecule has 0 bridgehead atoms. The third-order valence-corrected chi connectivity index (χ3v) is 2.12. The molecule has 1 aromatic heterocycles. The van der Waals surface area contributed by atoms with Crippen LogP contribution >= 0.6 is 0 Å². The molecule has 0 amide bonds. The fourth-order valence-corrected chi connectivity index (χ4v) is 1.35. The van der Waals surface area contributed by atoms with Crippen LogP contribution in [0.3, 0.4) is 0 Å². The molecule has 0 aliphatic carbocycles. The highest BCUT2D eigenvalue weighted by Gasteiger charge is 2.08. The van der Waals surface area contributed by atoms with Gasteiger partial charge in [0.05, 0.1) is 5.71 Å². The Balaban J connectivity index is 2.42. The Kier molecular flexibility index (Phi) is 2.46. The summed E-state index contributed by atoms with van der Waals surface area (Å²) in [6, 6.07) is 10.4. The van der Waals surface area contributed by atoms with E-state index in [-0.39, 0.29) is 11.5 Å². The summed E-state index contributed by atoms with van der Waals surface area (Å²) in [5, 5.41) is 17.5. The highest BCUT2D eigenvalue weighted by atomic mass is 16.3. The van der Waals surface area contributed by atoms with E-state index in [1.54, 1.807) is 48.8 Å². The first-order valence-corrected chi connectivity index (χ1v) is 4.56. The predicted molar refractivity (Wildman–Crippen MR) is 58.3 cm³/mol. The average Bonchev–Trinajstić information content (AvgIpc) is 2.30. The van der Waals surface area contributed by atoms with E-state index in [1.165, 1.54) is 0 Å². The Labute approximate surface area is 87.6 Å². The van der Waals surface area contributed by atoms with Crippen LogP contribution < -0.4 is 0 Å². The van der Waals surface area contributed by atoms with E-state index in [2.05, 4.69) is 4.98 Å². The first kappa shape index (κ1) is 9.40. The van der Waals surface area contributed by atoms with Crippen molar-refractivity contribution in [2.24, 2.45) is 0 Å². The topological polar surface area (TPSA) is 57.0 Å². The van der Waals surface area contributed by atoms with E-state index in [9.17, 15) is 5.11 Å². The zero-order valence-corrected chi connectivity index (χ0v) is 8.01. The molecule has 0 fully saturated rings. The van der Waals surface area contributed by atoms with Gasteiger partial charge in [0.1, 0.15) is 5.75 Å². The maximum atomic E-state index is 9.58. The molecule has 0 saturated carbocycles. The van der Waals surface area contributed by atoms with Gasteiger partial charge in [-0.3, -0.25) is 10.4 Å². The van der Waals surface area contributed by atoms with Crippen LogP contribution in [0.5, 0.6) is 5.75 Å². The molecule has 0 saturated heterocycles. The van der Waals surface area contributed by atoms with Crippen molar-refractivity contribution in [3.05, 3.63) is 59.9 Å². The van der Waals surface area contributed by atoms with Crippen molar-refractivity contribution in [1.82, 2.24) is 4.98 Å². The summed E-state index contributed by atoms with van der Waals surface area (Å²) < 4.78 is 0. The number of nitrogens with zero attached hydrogens (tertiary/aromatic N) is 1. The number of rotatable bonds is 2. The van der Waals surface area contributed by atoms with Crippen LogP contribution in [0, 0.1) is 5.41 Å². The van der Waals surface area contributed by atoms with Gasteiger partial charge < -0.3 is 5.11 Å². The molecule has 0 unspecified atom stereocenters. The summed E-state index contributed by atoms with van der Waals surface area (Å²) in [5.74, 6) is 0.117. The third-order valence-electron chi connectivity index (χ3n) is 2.12. The summed E-state index contributed by atoms with van der Waals surface area (Å²) in [7, 11) is 0. The van der Waals surface area contributed by atoms with E-state index in [4.69, 9.17) is 5.41 Å². The minimum absolute atomic E-state index is 0.117. The molecule has 0 spiro atoms. The molecule has 2 aromatic rings. The number of aromatic hydroxyl groups is 1. The normalized spacial score (nSPS) is 9.87. The molecule has 3 heteroatoms. The Morgan fingerprint density at radius 2 is 1.93 bits per heavy atom. The molecule has 3 nitrogen and oxygen atoms in total. The second kappa shape index (κ2) is 3.92. The summed E-state index contributed by atoms with van der Waals surface area (Å²) in [6.07, 6.45) is 3.26. The molecular weight excluding hydrogens is 188 g/mol. The summed E-state index contributed by atoms with van der Waals surface area (Å²) in [4.78, 5) is 3.94. The lowest BCUT2D eigenvalue weighted by molar-refractivity contribution is 0.474. The number of hydrogen-bond donors (Lipinski definition) is 2. The Morgan fingerprint density at radius 3 is 2.60 bits per heavy atom. The molecule has 74 valence electrons. The number of pyridine rings is 1. The van der Waals surface area contributed by atoms with Crippen LogP contribution in [0.2, 0.25) is 0 Å². The van der Waals surface area contributed by atoms with Gasteiger partial charge in [-0.25, -0.2) is 0 Å². The van der Waals surface area contributed by atoms with Crippen LogP contribution in [0.15, 0.2) is 48.8 Å². The molecule has 15 heavy (non-hydrogen) atoms. The number of phenols is 1. The largest absolute Gasteiger partial charge is 0.507 e. The monoisotopic (exact) mass is 198 g/mol. The van der Waals surface area contributed by atoms with Crippen molar-refractivity contribution < 1.29 is 5.11 Å². The number of nitrogens with one attached hydrogen (secondary N) is 1. The van der Waals surface area contributed by atoms with Gasteiger partial charge in [0, 0.05) is 23.5 Å². The SMILES string of the molecule is N=C(c1cccnc1)c1ccccc1O. The standard InChI is InChI=1S/C12H10N2O/c13-12(9-4-3-7-14-8-9)10-5-1-2-6-11(10)15/h1-8,13,15H. The number of hydrogen-bond acceptors (Lipinski definition) is 3. The summed E-state index contributed by atoms with van der Waals surface area (Å²) >= 11 is 0. The van der Waals surface area contributed by atoms with Gasteiger partial charge in [0.2, 0.25) is 0 Å². The van der Waals surface area contributed by atoms with Gasteiger partial charge in [0.25, 0.3) is 0 Å². The Morgan fingerprint density at radius 1 is 1.13 bits per heavy atom. The molecule has 1 heterocycles. The van der Waals surface area contributed by atoms with Gasteiger partial charge in [-0.2, -0.15) is 0 Å². The van der Waals surface area contributed by atoms with Crippen molar-refractivity contribution in [2.75, 3.05) is 0 Å². The van der Waals surface area contributed by atoms with Crippen LogP contribution in [0.1, 0.15) is 11.1 Å². The zero-order chi connectivity index (χ0) is 10.7. The molecular formula is C12H10N2O. The van der Waals surface area contributed by atoms with Gasteiger partial charge in [-0.15, -0.1) is 0 Å². The van der Waals surface area contributed by atoms with Crippen molar-refractivity contribution in [1.29, 1.82) is 5.41 Å². The predicted octanol–water partition coefficient (Wildman–Crippen LogP) is 2.20. The number of phenolic OH excluding ortho intramolecular Hbond substituents is 1. The molecule has 2 N–H and O–H groups in total. The molecule has 0 aliphatic heterocycles. The fraction of sp³-hybridized carbons (Fsp3) is 0. The van der Waals surface area contributed by atoms with Crippen molar-refractivity contribution >= 4 is 5.71 Å². The molecule has 0 radical (unpaired) electrons. The lowest BCUT2D eigenvalue weighted by Gasteiger charge is -2.05. The number of aromatic nitrogens is 1. The minimum atomic E-state index is 0.117. The minimum Gasteiger partial charge on any atom is -0.507 e. The van der Waals surface area contributed by atoms with Crippen molar-refractivity contribution in [2.45, 2.75) is 0 Å². The van der Waals surface area contributed by atoms with Crippen LogP contribution in [-0.4, -0.2) is 15.8 Å². The first-order valence-electron chi connectivity index (χ1n) is 4.56. The van der Waals surface area contributed by atoms with E-state index in [0.29, 0.717) is 11.1 Å². The van der Waals surface area contributed by atoms with Gasteiger partial charge in [-0.1, -0.05) is 12.1 Å². The highest BCUT2D eigenvalue weighted by Crippen LogP contribution is 2.18. The number of benzene rings is 1. The molecule has 0 aliphatic rings. The molecule has 2 rings (SSSR count). The lowest BCUT2D eigenvalue weighted by Crippen LogP contribution is -2.01. The van der Waals surface area contributed by atoms with Crippen LogP contribution in [0.25, 0.3) is 0 Å². The maximum Gasteiger partial charge on any atom is 0.124 e. The Hall–Kier alpha value is -2.16. The second-order valence-corrected chi connectivity index (χ2v) is 3.13. The smallest absolute Gasteiger partial charge is 0.124 e. The van der Waals surface area contributed by atoms with Gasteiger partial charge in [0.15, 0.2) is 0 Å². The van der Waals surface area contributed by atoms with Crippen LogP contribution in [-0.2, 0) is 0 Å². The summed E-state index contributed by atoms with van der Waals surface area (Å²) in [6.45, 7) is 0. The molecule has 0 atom stereocenters.